The van der Waals surface area contributed by atoms with Crippen LogP contribution in [0.25, 0.3) is 0 Å². The largest absolute Gasteiger partial charge is 0.507 e. The van der Waals surface area contributed by atoms with Crippen LogP contribution < -0.4 is 4.74 Å². The molecule has 0 aromatic heterocycles. The van der Waals surface area contributed by atoms with E-state index in [2.05, 4.69) is 0 Å². The third kappa shape index (κ3) is 2.79. The standard InChI is InChI=1S/C16H20O5S/c1-8-9(2)14-11(10(3)13(8)19)5-6-16(4,21-14)15(20)22-7-12(17)18/h19H,5-7H2,1-4H3,(H,17,18). The van der Waals surface area contributed by atoms with E-state index in [9.17, 15) is 14.7 Å². The molecule has 5 nitrogen and oxygen atoms in total. The first-order valence-electron chi connectivity index (χ1n) is 7.07. The normalized spacial score (nSPS) is 20.2. The Hall–Kier alpha value is -1.69. The molecule has 22 heavy (non-hydrogen) atoms. The van der Waals surface area contributed by atoms with Gasteiger partial charge in [0.1, 0.15) is 11.5 Å². The van der Waals surface area contributed by atoms with Crippen LogP contribution in [-0.4, -0.2) is 32.7 Å². The third-order valence-electron chi connectivity index (χ3n) is 4.28. The summed E-state index contributed by atoms with van der Waals surface area (Å²) >= 11 is 0.769. The lowest BCUT2D eigenvalue weighted by molar-refractivity contribution is -0.134. The molecule has 2 N–H and O–H groups in total. The second-order valence-corrected chi connectivity index (χ2v) is 6.78. The lowest BCUT2D eigenvalue weighted by Crippen LogP contribution is -2.43. The van der Waals surface area contributed by atoms with Crippen LogP contribution in [0.4, 0.5) is 0 Å². The van der Waals surface area contributed by atoms with Crippen molar-refractivity contribution < 1.29 is 24.5 Å². The van der Waals surface area contributed by atoms with Crippen molar-refractivity contribution in [3.8, 4) is 11.5 Å². The molecule has 0 saturated carbocycles. The van der Waals surface area contributed by atoms with Gasteiger partial charge in [-0.05, 0) is 57.2 Å². The van der Waals surface area contributed by atoms with E-state index in [-0.39, 0.29) is 16.6 Å². The van der Waals surface area contributed by atoms with E-state index in [0.717, 1.165) is 34.0 Å². The Morgan fingerprint density at radius 1 is 1.23 bits per heavy atom. The number of carboxylic acid groups (broad SMARTS) is 1. The molecule has 0 amide bonds. The molecule has 0 bridgehead atoms. The molecule has 1 heterocycles. The molecular formula is C16H20O5S. The minimum absolute atomic E-state index is 0.267. The Balaban J connectivity index is 2.35. The van der Waals surface area contributed by atoms with Gasteiger partial charge in [0.2, 0.25) is 5.12 Å². The van der Waals surface area contributed by atoms with E-state index in [4.69, 9.17) is 9.84 Å². The summed E-state index contributed by atoms with van der Waals surface area (Å²) in [6.45, 7) is 7.21. The molecule has 0 aliphatic carbocycles. The summed E-state index contributed by atoms with van der Waals surface area (Å²) in [6, 6.07) is 0. The number of fused-ring (bicyclic) bond motifs is 1. The van der Waals surface area contributed by atoms with Gasteiger partial charge in [-0.2, -0.15) is 0 Å². The highest BCUT2D eigenvalue weighted by Crippen LogP contribution is 2.44. The fourth-order valence-corrected chi connectivity index (χ4v) is 3.38. The van der Waals surface area contributed by atoms with Crippen molar-refractivity contribution >= 4 is 22.8 Å². The van der Waals surface area contributed by atoms with Crippen LogP contribution in [0.3, 0.4) is 0 Å². The first-order chi connectivity index (χ1) is 10.2. The van der Waals surface area contributed by atoms with Crippen LogP contribution in [0.1, 0.15) is 35.6 Å². The number of rotatable bonds is 3. The van der Waals surface area contributed by atoms with Gasteiger partial charge in [-0.15, -0.1) is 0 Å². The van der Waals surface area contributed by atoms with Gasteiger partial charge >= 0.3 is 5.97 Å². The lowest BCUT2D eigenvalue weighted by atomic mass is 9.87. The molecular weight excluding hydrogens is 304 g/mol. The Labute approximate surface area is 133 Å². The molecule has 0 spiro atoms. The van der Waals surface area contributed by atoms with Crippen molar-refractivity contribution in [3.05, 3.63) is 22.3 Å². The maximum absolute atomic E-state index is 12.3. The van der Waals surface area contributed by atoms with Crippen molar-refractivity contribution in [1.29, 1.82) is 0 Å². The van der Waals surface area contributed by atoms with E-state index in [1.807, 2.05) is 20.8 Å². The van der Waals surface area contributed by atoms with E-state index in [0.29, 0.717) is 18.6 Å². The SMILES string of the molecule is Cc1c(C)c2c(c(C)c1O)CCC(C)(C(=O)SCC(=O)O)O2. The maximum atomic E-state index is 12.3. The molecule has 1 unspecified atom stereocenters. The Morgan fingerprint density at radius 2 is 1.86 bits per heavy atom. The van der Waals surface area contributed by atoms with Crippen molar-refractivity contribution in [1.82, 2.24) is 0 Å². The number of carbonyl (C=O) groups excluding carboxylic acids is 1. The summed E-state index contributed by atoms with van der Waals surface area (Å²) < 4.78 is 5.99. The summed E-state index contributed by atoms with van der Waals surface area (Å²) in [6.07, 6.45) is 1.08. The molecule has 120 valence electrons. The summed E-state index contributed by atoms with van der Waals surface area (Å²) in [7, 11) is 0. The summed E-state index contributed by atoms with van der Waals surface area (Å²) in [5.74, 6) is -0.371. The fourth-order valence-electron chi connectivity index (χ4n) is 2.67. The van der Waals surface area contributed by atoms with Gasteiger partial charge in [0, 0.05) is 5.56 Å². The van der Waals surface area contributed by atoms with Gasteiger partial charge in [0.15, 0.2) is 5.60 Å². The Kier molecular flexibility index (Phi) is 4.42. The number of hydrogen-bond donors (Lipinski definition) is 2. The number of thioether (sulfide) groups is 1. The predicted octanol–water partition coefficient (Wildman–Crippen LogP) is 2.75. The molecule has 2 rings (SSSR count). The second-order valence-electron chi connectivity index (χ2n) is 5.83. The third-order valence-corrected chi connectivity index (χ3v) is 5.36. The topological polar surface area (TPSA) is 83.8 Å². The van der Waals surface area contributed by atoms with Gasteiger partial charge < -0.3 is 14.9 Å². The minimum atomic E-state index is -1.03. The maximum Gasteiger partial charge on any atom is 0.313 e. The predicted molar refractivity (Wildman–Crippen MR) is 84.8 cm³/mol. The Morgan fingerprint density at radius 3 is 2.45 bits per heavy atom. The number of carboxylic acids is 1. The van der Waals surface area contributed by atoms with Gasteiger partial charge in [0.05, 0.1) is 5.75 Å². The molecule has 1 aromatic rings. The zero-order chi connectivity index (χ0) is 16.7. The summed E-state index contributed by atoms with van der Waals surface area (Å²) in [5.41, 5.74) is 2.24. The van der Waals surface area contributed by atoms with Crippen LogP contribution in [-0.2, 0) is 16.0 Å². The lowest BCUT2D eigenvalue weighted by Gasteiger charge is -2.36. The molecule has 6 heteroatoms. The Bertz CT molecular complexity index is 653. The smallest absolute Gasteiger partial charge is 0.313 e. The van der Waals surface area contributed by atoms with Crippen LogP contribution in [0.2, 0.25) is 0 Å². The average Bonchev–Trinajstić information content (AvgIpc) is 2.48. The molecule has 1 atom stereocenters. The molecule has 0 radical (unpaired) electrons. The molecule has 1 aliphatic rings. The van der Waals surface area contributed by atoms with E-state index in [1.54, 1.807) is 6.92 Å². The van der Waals surface area contributed by atoms with Crippen molar-refractivity contribution in [2.75, 3.05) is 5.75 Å². The van der Waals surface area contributed by atoms with Crippen molar-refractivity contribution in [2.24, 2.45) is 0 Å². The van der Waals surface area contributed by atoms with Crippen LogP contribution in [0.15, 0.2) is 0 Å². The van der Waals surface area contributed by atoms with Gasteiger partial charge in [-0.25, -0.2) is 0 Å². The quantitative estimate of drug-likeness (QED) is 0.889. The number of ether oxygens (including phenoxy) is 1. The van der Waals surface area contributed by atoms with Crippen LogP contribution in [0, 0.1) is 20.8 Å². The molecule has 1 aliphatic heterocycles. The van der Waals surface area contributed by atoms with E-state index >= 15 is 0 Å². The van der Waals surface area contributed by atoms with Gasteiger partial charge in [0.25, 0.3) is 0 Å². The monoisotopic (exact) mass is 324 g/mol. The molecule has 1 aromatic carbocycles. The highest BCUT2D eigenvalue weighted by atomic mass is 32.2. The summed E-state index contributed by atoms with van der Waals surface area (Å²) in [5, 5.41) is 18.6. The number of aromatic hydroxyl groups is 1. The molecule has 0 saturated heterocycles. The minimum Gasteiger partial charge on any atom is -0.507 e. The zero-order valence-electron chi connectivity index (χ0n) is 13.1. The van der Waals surface area contributed by atoms with E-state index < -0.39 is 11.6 Å². The van der Waals surface area contributed by atoms with Crippen molar-refractivity contribution in [2.45, 2.75) is 46.1 Å². The zero-order valence-corrected chi connectivity index (χ0v) is 14.0. The van der Waals surface area contributed by atoms with Crippen LogP contribution >= 0.6 is 11.8 Å². The summed E-state index contributed by atoms with van der Waals surface area (Å²) in [4.78, 5) is 22.9. The molecule has 0 fully saturated rings. The fraction of sp³-hybridized carbons (Fsp3) is 0.500. The number of phenols is 1. The highest BCUT2D eigenvalue weighted by molar-refractivity contribution is 8.14. The van der Waals surface area contributed by atoms with Crippen LogP contribution in [0.5, 0.6) is 11.5 Å². The first kappa shape index (κ1) is 16.7. The number of hydrogen-bond acceptors (Lipinski definition) is 5. The highest BCUT2D eigenvalue weighted by Gasteiger charge is 2.41. The first-order valence-corrected chi connectivity index (χ1v) is 8.05. The van der Waals surface area contributed by atoms with E-state index in [1.165, 1.54) is 0 Å². The number of aliphatic carboxylic acids is 1. The van der Waals surface area contributed by atoms with Gasteiger partial charge in [-0.1, -0.05) is 11.8 Å². The van der Waals surface area contributed by atoms with Gasteiger partial charge in [-0.3, -0.25) is 9.59 Å². The number of carbonyl (C=O) groups is 2. The van der Waals surface area contributed by atoms with Crippen molar-refractivity contribution in [3.63, 3.8) is 0 Å². The number of benzene rings is 1. The average molecular weight is 324 g/mol. The number of phenolic OH excluding ortho intramolecular Hbond substituents is 1. The second kappa shape index (κ2) is 5.83.